The second-order valence-corrected chi connectivity index (χ2v) is 8.02. The summed E-state index contributed by atoms with van der Waals surface area (Å²) in [5.74, 6) is 1.09. The zero-order chi connectivity index (χ0) is 20.5. The second kappa shape index (κ2) is 8.09. The monoisotopic (exact) mass is 417 g/mol. The van der Waals surface area contributed by atoms with Crippen molar-refractivity contribution < 1.29 is 0 Å². The van der Waals surface area contributed by atoms with Crippen molar-refractivity contribution in [3.05, 3.63) is 71.9 Å². The van der Waals surface area contributed by atoms with Crippen LogP contribution < -0.4 is 4.90 Å². The minimum absolute atomic E-state index is 0.725. The molecule has 30 heavy (non-hydrogen) atoms. The van der Waals surface area contributed by atoms with Gasteiger partial charge in [0, 0.05) is 48.4 Å². The summed E-state index contributed by atoms with van der Waals surface area (Å²) in [6.45, 7) is 7.41. The first-order valence-electron chi connectivity index (χ1n) is 10.4. The Labute approximate surface area is 181 Å². The second-order valence-electron chi connectivity index (χ2n) is 7.59. The molecule has 0 saturated carbocycles. The van der Waals surface area contributed by atoms with Crippen molar-refractivity contribution >= 4 is 23.1 Å². The Morgan fingerprint density at radius 2 is 1.63 bits per heavy atom. The highest BCUT2D eigenvalue weighted by molar-refractivity contribution is 6.30. The number of fused-ring (bicyclic) bond motifs is 1. The molecular formula is C24H24ClN5. The first kappa shape index (κ1) is 19.1. The van der Waals surface area contributed by atoms with Gasteiger partial charge in [0.05, 0.1) is 11.9 Å². The van der Waals surface area contributed by atoms with E-state index >= 15 is 0 Å². The lowest BCUT2D eigenvalue weighted by atomic mass is 10.1. The SMILES string of the molecule is CCN1CCN(c2cc(-c3ccccc3)nc3c(-c4ccc(Cl)cc4)cnn23)CC1. The lowest BCUT2D eigenvalue weighted by molar-refractivity contribution is 0.270. The number of aromatic nitrogens is 3. The molecule has 2 aromatic carbocycles. The minimum Gasteiger partial charge on any atom is -0.354 e. The van der Waals surface area contributed by atoms with E-state index < -0.39 is 0 Å². The Kier molecular flexibility index (Phi) is 5.15. The average molecular weight is 418 g/mol. The summed E-state index contributed by atoms with van der Waals surface area (Å²) in [4.78, 5) is 9.93. The first-order valence-corrected chi connectivity index (χ1v) is 10.8. The number of nitrogens with zero attached hydrogens (tertiary/aromatic N) is 5. The van der Waals surface area contributed by atoms with Gasteiger partial charge in [-0.3, -0.25) is 0 Å². The minimum atomic E-state index is 0.725. The average Bonchev–Trinajstić information content (AvgIpc) is 3.24. The molecule has 0 spiro atoms. The number of benzene rings is 2. The number of halogens is 1. The van der Waals surface area contributed by atoms with Gasteiger partial charge in [-0.1, -0.05) is 61.0 Å². The summed E-state index contributed by atoms with van der Waals surface area (Å²) in [6.07, 6.45) is 1.91. The van der Waals surface area contributed by atoms with E-state index in [9.17, 15) is 0 Å². The zero-order valence-corrected chi connectivity index (χ0v) is 17.8. The largest absolute Gasteiger partial charge is 0.354 e. The fraction of sp³-hybridized carbons (Fsp3) is 0.250. The quantitative estimate of drug-likeness (QED) is 0.475. The molecule has 6 heteroatoms. The highest BCUT2D eigenvalue weighted by Crippen LogP contribution is 2.31. The van der Waals surface area contributed by atoms with Crippen molar-refractivity contribution in [2.24, 2.45) is 0 Å². The maximum absolute atomic E-state index is 6.10. The summed E-state index contributed by atoms with van der Waals surface area (Å²) >= 11 is 6.10. The van der Waals surface area contributed by atoms with Gasteiger partial charge in [-0.2, -0.15) is 9.61 Å². The van der Waals surface area contributed by atoms with Gasteiger partial charge in [-0.15, -0.1) is 0 Å². The number of anilines is 1. The van der Waals surface area contributed by atoms with E-state index in [0.29, 0.717) is 0 Å². The van der Waals surface area contributed by atoms with Crippen LogP contribution >= 0.6 is 11.6 Å². The topological polar surface area (TPSA) is 36.7 Å². The molecule has 0 aliphatic carbocycles. The van der Waals surface area contributed by atoms with E-state index in [2.05, 4.69) is 47.1 Å². The van der Waals surface area contributed by atoms with Crippen LogP contribution in [0.15, 0.2) is 66.9 Å². The first-order chi connectivity index (χ1) is 14.7. The number of piperazine rings is 1. The van der Waals surface area contributed by atoms with E-state index in [4.69, 9.17) is 21.7 Å². The van der Waals surface area contributed by atoms with E-state index in [1.807, 2.05) is 41.0 Å². The van der Waals surface area contributed by atoms with Crippen molar-refractivity contribution in [2.45, 2.75) is 6.92 Å². The maximum atomic E-state index is 6.10. The summed E-state index contributed by atoms with van der Waals surface area (Å²) in [6, 6.07) is 20.4. The van der Waals surface area contributed by atoms with Gasteiger partial charge in [-0.05, 0) is 24.2 Å². The third-order valence-electron chi connectivity index (χ3n) is 5.82. The lowest BCUT2D eigenvalue weighted by Gasteiger charge is -2.35. The number of rotatable bonds is 4. The molecule has 1 saturated heterocycles. The van der Waals surface area contributed by atoms with Crippen molar-refractivity contribution in [1.82, 2.24) is 19.5 Å². The van der Waals surface area contributed by atoms with Gasteiger partial charge in [-0.25, -0.2) is 4.98 Å². The lowest BCUT2D eigenvalue weighted by Crippen LogP contribution is -2.46. The number of hydrogen-bond acceptors (Lipinski definition) is 4. The third-order valence-corrected chi connectivity index (χ3v) is 6.07. The van der Waals surface area contributed by atoms with Gasteiger partial charge >= 0.3 is 0 Å². The van der Waals surface area contributed by atoms with E-state index in [1.54, 1.807) is 0 Å². The maximum Gasteiger partial charge on any atom is 0.165 e. The van der Waals surface area contributed by atoms with Crippen LogP contribution in [0.5, 0.6) is 0 Å². The molecule has 1 aliphatic rings. The fourth-order valence-electron chi connectivity index (χ4n) is 4.06. The molecule has 5 nitrogen and oxygen atoms in total. The molecule has 5 rings (SSSR count). The van der Waals surface area contributed by atoms with Gasteiger partial charge in [0.1, 0.15) is 5.82 Å². The number of hydrogen-bond donors (Lipinski definition) is 0. The Morgan fingerprint density at radius 3 is 2.33 bits per heavy atom. The van der Waals surface area contributed by atoms with Crippen LogP contribution in [-0.4, -0.2) is 52.2 Å². The van der Waals surface area contributed by atoms with Crippen LogP contribution in [0.1, 0.15) is 6.92 Å². The fourth-order valence-corrected chi connectivity index (χ4v) is 4.18. The molecular weight excluding hydrogens is 394 g/mol. The summed E-state index contributed by atoms with van der Waals surface area (Å²) in [5.41, 5.74) is 5.02. The standard InChI is InChI=1S/C24H24ClN5/c1-2-28-12-14-29(15-13-28)23-16-22(19-6-4-3-5-7-19)27-24-21(17-26-30(23)24)18-8-10-20(25)11-9-18/h3-11,16-17H,2,12-15H2,1H3. The van der Waals surface area contributed by atoms with Crippen molar-refractivity contribution in [2.75, 3.05) is 37.6 Å². The predicted molar refractivity (Wildman–Crippen MR) is 123 cm³/mol. The van der Waals surface area contributed by atoms with Crippen LogP contribution in [0.25, 0.3) is 28.0 Å². The van der Waals surface area contributed by atoms with Crippen LogP contribution in [0.4, 0.5) is 5.82 Å². The van der Waals surface area contributed by atoms with Crippen LogP contribution in [0.2, 0.25) is 5.02 Å². The molecule has 1 fully saturated rings. The number of likely N-dealkylation sites (N-methyl/N-ethyl adjacent to an activating group) is 1. The molecule has 0 atom stereocenters. The molecule has 152 valence electrons. The Hall–Kier alpha value is -2.89. The Balaban J connectivity index is 1.66. The summed E-state index contributed by atoms with van der Waals surface area (Å²) < 4.78 is 1.98. The molecule has 2 aromatic heterocycles. The van der Waals surface area contributed by atoms with Crippen molar-refractivity contribution in [1.29, 1.82) is 0 Å². The van der Waals surface area contributed by atoms with E-state index in [1.165, 1.54) is 0 Å². The summed E-state index contributed by atoms with van der Waals surface area (Å²) in [5, 5.41) is 5.46. The zero-order valence-electron chi connectivity index (χ0n) is 17.0. The summed E-state index contributed by atoms with van der Waals surface area (Å²) in [7, 11) is 0. The molecule has 0 radical (unpaired) electrons. The van der Waals surface area contributed by atoms with E-state index in [-0.39, 0.29) is 0 Å². The molecule has 1 aliphatic heterocycles. The van der Waals surface area contributed by atoms with Gasteiger partial charge in [0.2, 0.25) is 0 Å². The molecule has 0 N–H and O–H groups in total. The highest BCUT2D eigenvalue weighted by Gasteiger charge is 2.21. The van der Waals surface area contributed by atoms with Crippen LogP contribution in [0.3, 0.4) is 0 Å². The predicted octanol–water partition coefficient (Wildman–Crippen LogP) is 4.86. The molecule has 4 aromatic rings. The van der Waals surface area contributed by atoms with Crippen LogP contribution in [0, 0.1) is 0 Å². The normalized spacial score (nSPS) is 15.1. The molecule has 0 amide bonds. The third kappa shape index (κ3) is 3.55. The Bertz CT molecular complexity index is 1150. The molecule has 0 bridgehead atoms. The van der Waals surface area contributed by atoms with E-state index in [0.717, 1.165) is 71.6 Å². The van der Waals surface area contributed by atoms with Gasteiger partial charge in [0.15, 0.2) is 5.65 Å². The van der Waals surface area contributed by atoms with Crippen LogP contribution in [-0.2, 0) is 0 Å². The van der Waals surface area contributed by atoms with Gasteiger partial charge in [0.25, 0.3) is 0 Å². The highest BCUT2D eigenvalue weighted by atomic mass is 35.5. The molecule has 0 unspecified atom stereocenters. The van der Waals surface area contributed by atoms with Crippen molar-refractivity contribution in [3.8, 4) is 22.4 Å². The Morgan fingerprint density at radius 1 is 0.900 bits per heavy atom. The smallest absolute Gasteiger partial charge is 0.165 e. The van der Waals surface area contributed by atoms with Crippen molar-refractivity contribution in [3.63, 3.8) is 0 Å². The molecule has 3 heterocycles. The van der Waals surface area contributed by atoms with Gasteiger partial charge < -0.3 is 9.80 Å².